The normalized spacial score (nSPS) is 19.4. The van der Waals surface area contributed by atoms with Gasteiger partial charge in [0.2, 0.25) is 0 Å². The molecule has 0 radical (unpaired) electrons. The maximum absolute atomic E-state index is 13.3. The number of hydrogen-bond donors (Lipinski definition) is 1. The van der Waals surface area contributed by atoms with Crippen LogP contribution in [-0.2, 0) is 6.42 Å². The van der Waals surface area contributed by atoms with Gasteiger partial charge in [-0.1, -0.05) is 0 Å². The molecule has 1 aromatic rings. The van der Waals surface area contributed by atoms with E-state index in [0.29, 0.717) is 0 Å². The van der Waals surface area contributed by atoms with Crippen LogP contribution in [0.1, 0.15) is 24.8 Å². The summed E-state index contributed by atoms with van der Waals surface area (Å²) in [6.45, 7) is 2.08. The van der Waals surface area contributed by atoms with Crippen molar-refractivity contribution in [3.05, 3.63) is 29.6 Å². The predicted octanol–water partition coefficient (Wildman–Crippen LogP) is 2.19. The maximum atomic E-state index is 13.3. The minimum atomic E-state index is -0.217. The van der Waals surface area contributed by atoms with Gasteiger partial charge in [-0.15, -0.1) is 0 Å². The third-order valence-electron chi connectivity index (χ3n) is 4.12. The summed E-state index contributed by atoms with van der Waals surface area (Å²) in [6.07, 6.45) is 3.64. The molecule has 3 nitrogen and oxygen atoms in total. The second-order valence-electron chi connectivity index (χ2n) is 5.62. The Labute approximate surface area is 114 Å². The molecule has 2 rings (SSSR count). The third-order valence-corrected chi connectivity index (χ3v) is 4.12. The molecule has 1 heterocycles. The topological polar surface area (TPSA) is 38.5 Å². The first-order chi connectivity index (χ1) is 9.02. The molecule has 1 aliphatic heterocycles. The number of rotatable bonds is 4. The number of likely N-dealkylation sites (tertiary alicyclic amines) is 1. The van der Waals surface area contributed by atoms with E-state index < -0.39 is 0 Å². The number of aryl methyl sites for hydroxylation is 1. The summed E-state index contributed by atoms with van der Waals surface area (Å²) in [4.78, 5) is 2.30. The number of hydrogen-bond acceptors (Lipinski definition) is 3. The van der Waals surface area contributed by atoms with Gasteiger partial charge in [-0.3, -0.25) is 0 Å². The highest BCUT2D eigenvalue weighted by atomic mass is 19.1. The lowest BCUT2D eigenvalue weighted by Crippen LogP contribution is -2.49. The molecule has 2 N–H and O–H groups in total. The first kappa shape index (κ1) is 14.3. The Hall–Kier alpha value is -1.13. The van der Waals surface area contributed by atoms with Crippen LogP contribution >= 0.6 is 0 Å². The van der Waals surface area contributed by atoms with Gasteiger partial charge in [0.15, 0.2) is 0 Å². The van der Waals surface area contributed by atoms with Crippen molar-refractivity contribution in [2.45, 2.75) is 31.2 Å². The first-order valence-electron chi connectivity index (χ1n) is 6.82. The average Bonchev–Trinajstić information content (AvgIpc) is 2.41. The standard InChI is InChI=1S/C15H23FN2O/c1-18-9-7-15(17,8-10-18)6-5-12-11-13(16)3-4-14(12)19-2/h3-4,11H,5-10,17H2,1-2H3. The van der Waals surface area contributed by atoms with Gasteiger partial charge >= 0.3 is 0 Å². The minimum Gasteiger partial charge on any atom is -0.496 e. The van der Waals surface area contributed by atoms with Crippen LogP contribution in [0, 0.1) is 5.82 Å². The van der Waals surface area contributed by atoms with Crippen molar-refractivity contribution in [2.75, 3.05) is 27.2 Å². The van der Waals surface area contributed by atoms with Crippen LogP contribution in [0.15, 0.2) is 18.2 Å². The Morgan fingerprint density at radius 1 is 1.37 bits per heavy atom. The number of nitrogens with two attached hydrogens (primary N) is 1. The Balaban J connectivity index is 2.00. The van der Waals surface area contributed by atoms with Gasteiger partial charge in [-0.2, -0.15) is 0 Å². The van der Waals surface area contributed by atoms with Crippen molar-refractivity contribution in [3.63, 3.8) is 0 Å². The van der Waals surface area contributed by atoms with E-state index in [4.69, 9.17) is 10.5 Å². The third kappa shape index (κ3) is 3.67. The molecule has 1 saturated heterocycles. The van der Waals surface area contributed by atoms with Crippen LogP contribution < -0.4 is 10.5 Å². The zero-order chi connectivity index (χ0) is 13.9. The highest BCUT2D eigenvalue weighted by Gasteiger charge is 2.29. The van der Waals surface area contributed by atoms with Crippen molar-refractivity contribution in [3.8, 4) is 5.75 Å². The van der Waals surface area contributed by atoms with E-state index in [0.717, 1.165) is 50.1 Å². The Morgan fingerprint density at radius 3 is 2.68 bits per heavy atom. The predicted molar refractivity (Wildman–Crippen MR) is 74.9 cm³/mol. The van der Waals surface area contributed by atoms with Crippen LogP contribution in [0.25, 0.3) is 0 Å². The molecule has 4 heteroatoms. The number of piperidine rings is 1. The molecule has 0 saturated carbocycles. The number of benzene rings is 1. The highest BCUT2D eigenvalue weighted by Crippen LogP contribution is 2.27. The van der Waals surface area contributed by atoms with Gasteiger partial charge in [0, 0.05) is 5.54 Å². The van der Waals surface area contributed by atoms with Crippen molar-refractivity contribution in [1.82, 2.24) is 4.90 Å². The zero-order valence-corrected chi connectivity index (χ0v) is 11.8. The molecule has 0 spiro atoms. The van der Waals surface area contributed by atoms with E-state index in [1.54, 1.807) is 19.2 Å². The zero-order valence-electron chi connectivity index (χ0n) is 11.8. The lowest BCUT2D eigenvalue weighted by atomic mass is 9.83. The second-order valence-corrected chi connectivity index (χ2v) is 5.62. The monoisotopic (exact) mass is 266 g/mol. The minimum absolute atomic E-state index is 0.121. The van der Waals surface area contributed by atoms with Gasteiger partial charge in [-0.25, -0.2) is 4.39 Å². The molecular formula is C15H23FN2O. The Kier molecular flexibility index (Phi) is 4.42. The molecule has 0 unspecified atom stereocenters. The van der Waals surface area contributed by atoms with E-state index in [-0.39, 0.29) is 11.4 Å². The van der Waals surface area contributed by atoms with Crippen molar-refractivity contribution < 1.29 is 9.13 Å². The number of nitrogens with zero attached hydrogens (tertiary/aromatic N) is 1. The molecule has 0 aliphatic carbocycles. The molecule has 0 bridgehead atoms. The molecule has 1 fully saturated rings. The molecule has 0 amide bonds. The smallest absolute Gasteiger partial charge is 0.123 e. The fraction of sp³-hybridized carbons (Fsp3) is 0.600. The summed E-state index contributed by atoms with van der Waals surface area (Å²) in [5.74, 6) is 0.531. The number of halogens is 1. The van der Waals surface area contributed by atoms with Crippen molar-refractivity contribution in [2.24, 2.45) is 5.73 Å². The summed E-state index contributed by atoms with van der Waals surface area (Å²) in [7, 11) is 3.74. The fourth-order valence-electron chi connectivity index (χ4n) is 2.64. The molecule has 106 valence electrons. The van der Waals surface area contributed by atoms with E-state index in [2.05, 4.69) is 11.9 Å². The summed E-state index contributed by atoms with van der Waals surface area (Å²) in [5, 5.41) is 0. The summed E-state index contributed by atoms with van der Waals surface area (Å²) < 4.78 is 18.6. The largest absolute Gasteiger partial charge is 0.496 e. The second kappa shape index (κ2) is 5.88. The maximum Gasteiger partial charge on any atom is 0.123 e. The number of methoxy groups -OCH3 is 1. The summed E-state index contributed by atoms with van der Waals surface area (Å²) in [5.41, 5.74) is 7.22. The lowest BCUT2D eigenvalue weighted by Gasteiger charge is -2.37. The SMILES string of the molecule is COc1ccc(F)cc1CCC1(N)CCN(C)CC1. The quantitative estimate of drug-likeness (QED) is 0.908. The van der Waals surface area contributed by atoms with Crippen LogP contribution in [-0.4, -0.2) is 37.7 Å². The molecule has 1 aliphatic rings. The van der Waals surface area contributed by atoms with E-state index in [9.17, 15) is 4.39 Å². The van der Waals surface area contributed by atoms with Crippen molar-refractivity contribution in [1.29, 1.82) is 0 Å². The molecule has 1 aromatic carbocycles. The summed E-state index contributed by atoms with van der Waals surface area (Å²) >= 11 is 0. The van der Waals surface area contributed by atoms with Gasteiger partial charge < -0.3 is 15.4 Å². The van der Waals surface area contributed by atoms with Crippen molar-refractivity contribution >= 4 is 0 Å². The first-order valence-corrected chi connectivity index (χ1v) is 6.82. The Bertz CT molecular complexity index is 428. The van der Waals surface area contributed by atoms with E-state index in [1.807, 2.05) is 0 Å². The van der Waals surface area contributed by atoms with E-state index >= 15 is 0 Å². The van der Waals surface area contributed by atoms with E-state index in [1.165, 1.54) is 6.07 Å². The lowest BCUT2D eigenvalue weighted by molar-refractivity contribution is 0.182. The van der Waals surface area contributed by atoms with Crippen LogP contribution in [0.5, 0.6) is 5.75 Å². The van der Waals surface area contributed by atoms with Gasteiger partial charge in [0.05, 0.1) is 7.11 Å². The highest BCUT2D eigenvalue weighted by molar-refractivity contribution is 5.34. The van der Waals surface area contributed by atoms with Crippen LogP contribution in [0.4, 0.5) is 4.39 Å². The number of ether oxygens (including phenoxy) is 1. The van der Waals surface area contributed by atoms with Gasteiger partial charge in [0.25, 0.3) is 0 Å². The van der Waals surface area contributed by atoms with Gasteiger partial charge in [0.1, 0.15) is 11.6 Å². The molecule has 0 aromatic heterocycles. The van der Waals surface area contributed by atoms with Crippen LogP contribution in [0.3, 0.4) is 0 Å². The van der Waals surface area contributed by atoms with Gasteiger partial charge in [-0.05, 0) is 69.6 Å². The molecule has 19 heavy (non-hydrogen) atoms. The van der Waals surface area contributed by atoms with Crippen LogP contribution in [0.2, 0.25) is 0 Å². The average molecular weight is 266 g/mol. The summed E-state index contributed by atoms with van der Waals surface area (Å²) in [6, 6.07) is 4.66. The molecule has 0 atom stereocenters. The fourth-order valence-corrected chi connectivity index (χ4v) is 2.64. The Morgan fingerprint density at radius 2 is 2.05 bits per heavy atom. The molecular weight excluding hydrogens is 243 g/mol.